The number of ether oxygens (including phenoxy) is 2. The van der Waals surface area contributed by atoms with Crippen LogP contribution in [-0.4, -0.2) is 96.1 Å². The van der Waals surface area contributed by atoms with Crippen molar-refractivity contribution in [3.05, 3.63) is 130 Å². The summed E-state index contributed by atoms with van der Waals surface area (Å²) in [6, 6.07) is 32.5. The van der Waals surface area contributed by atoms with E-state index in [1.54, 1.807) is 24.1 Å². The van der Waals surface area contributed by atoms with Gasteiger partial charge in [-0.2, -0.15) is 0 Å². The number of hydrogen-bond donors (Lipinski definition) is 5. The number of aromatic amines is 1. The first-order chi connectivity index (χ1) is 28.2. The lowest BCUT2D eigenvalue weighted by molar-refractivity contribution is -0.131. The van der Waals surface area contributed by atoms with E-state index in [0.717, 1.165) is 55.7 Å². The minimum Gasteiger partial charge on any atom is -0.506 e. The summed E-state index contributed by atoms with van der Waals surface area (Å²) < 4.78 is 11.7. The summed E-state index contributed by atoms with van der Waals surface area (Å²) in [6.07, 6.45) is 1.53. The zero-order valence-electron chi connectivity index (χ0n) is 32.9. The van der Waals surface area contributed by atoms with Gasteiger partial charge in [0.15, 0.2) is 0 Å². The van der Waals surface area contributed by atoms with Crippen LogP contribution in [0.25, 0.3) is 22.0 Å². The second-order valence-corrected chi connectivity index (χ2v) is 15.5. The zero-order valence-corrected chi connectivity index (χ0v) is 32.9. The molecular weight excluding hydrogens is 735 g/mol. The van der Waals surface area contributed by atoms with Gasteiger partial charge >= 0.3 is 6.09 Å². The number of nitrogens with one attached hydrogen (secondary N) is 3. The predicted octanol–water partition coefficient (Wildman–Crippen LogP) is 6.09. The van der Waals surface area contributed by atoms with E-state index in [1.807, 2.05) is 54.6 Å². The molecule has 1 aromatic heterocycles. The number of nitrogens with zero attached hydrogens (tertiary/aromatic N) is 2. The number of fused-ring (bicyclic) bond motifs is 2. The average Bonchev–Trinajstić information content (AvgIpc) is 3.78. The minimum absolute atomic E-state index is 0.0135. The van der Waals surface area contributed by atoms with Gasteiger partial charge in [0.1, 0.15) is 11.9 Å². The third-order valence-electron chi connectivity index (χ3n) is 11.4. The van der Waals surface area contributed by atoms with Gasteiger partial charge in [0.05, 0.1) is 36.9 Å². The number of likely N-dealkylation sites (tertiary alicyclic amines) is 1. The van der Waals surface area contributed by atoms with E-state index < -0.39 is 12.2 Å². The zero-order chi connectivity index (χ0) is 40.4. The molecule has 1 aliphatic heterocycles. The van der Waals surface area contributed by atoms with Crippen molar-refractivity contribution >= 4 is 28.6 Å². The van der Waals surface area contributed by atoms with Crippen molar-refractivity contribution in [2.75, 3.05) is 58.3 Å². The third-order valence-corrected chi connectivity index (χ3v) is 11.4. The molecule has 0 unspecified atom stereocenters. The third kappa shape index (κ3) is 10.5. The summed E-state index contributed by atoms with van der Waals surface area (Å²) in [7, 11) is 1.75. The first-order valence-electron chi connectivity index (χ1n) is 20.2. The number of anilines is 1. The van der Waals surface area contributed by atoms with E-state index in [9.17, 15) is 24.6 Å². The van der Waals surface area contributed by atoms with Crippen LogP contribution in [0.5, 0.6) is 5.75 Å². The highest BCUT2D eigenvalue weighted by Crippen LogP contribution is 2.40. The van der Waals surface area contributed by atoms with Gasteiger partial charge in [-0.1, -0.05) is 78.9 Å². The molecule has 2 aliphatic rings. The molecular formula is C46H53N5O7. The molecule has 4 aromatic carbocycles. The summed E-state index contributed by atoms with van der Waals surface area (Å²) >= 11 is 0. The highest BCUT2D eigenvalue weighted by Gasteiger charge is 2.42. The lowest BCUT2D eigenvalue weighted by Crippen LogP contribution is -2.35. The number of carbonyl (C=O) groups is 2. The number of para-hydroxylation sites is 1. The molecule has 1 saturated carbocycles. The fourth-order valence-electron chi connectivity index (χ4n) is 8.30. The Hall–Kier alpha value is -5.53. The van der Waals surface area contributed by atoms with Gasteiger partial charge in [0.2, 0.25) is 11.5 Å². The summed E-state index contributed by atoms with van der Waals surface area (Å²) in [5.41, 5.74) is 5.78. The van der Waals surface area contributed by atoms with Crippen LogP contribution in [0.3, 0.4) is 0 Å². The molecule has 0 radical (unpaired) electrons. The van der Waals surface area contributed by atoms with Crippen LogP contribution >= 0.6 is 0 Å². The fraction of sp³-hybridized carbons (Fsp3) is 0.370. The standard InChI is InChI=1S/C46H53N5O7/c1-50(22-21-47-27-42(53)38-15-17-41(52)45-39(38)16-18-43(54)49-45)44(55)20-24-57-23-19-31-11-13-32(14-12-31)28-51-29-34-25-36(26-35(34)30-51)58-46(56)48-40-10-6-5-9-37(40)33-7-3-2-4-8-33/h2-18,34-36,42,47,52-53H,19-30H2,1H3,(H,48,56)(H,49,54)/t34-,35+,36-,42-/m0/s1. The Balaban J connectivity index is 0.743. The number of likely N-dealkylation sites (N-methyl/N-ethyl adjacent to an activating group) is 1. The normalized spacial score (nSPS) is 18.2. The number of H-pyrrole nitrogens is 1. The van der Waals surface area contributed by atoms with E-state index in [0.29, 0.717) is 54.6 Å². The molecule has 12 nitrogen and oxygen atoms in total. The summed E-state index contributed by atoms with van der Waals surface area (Å²) in [6.45, 7) is 5.01. The number of aromatic nitrogens is 1. The molecule has 0 spiro atoms. The van der Waals surface area contributed by atoms with Crippen LogP contribution in [0.4, 0.5) is 10.5 Å². The van der Waals surface area contributed by atoms with E-state index >= 15 is 0 Å². The highest BCUT2D eigenvalue weighted by atomic mass is 16.6. The fourth-order valence-corrected chi connectivity index (χ4v) is 8.30. The Kier molecular flexibility index (Phi) is 13.5. The number of amides is 2. The van der Waals surface area contributed by atoms with Crippen molar-refractivity contribution in [2.45, 2.75) is 44.4 Å². The lowest BCUT2D eigenvalue weighted by atomic mass is 10.0. The van der Waals surface area contributed by atoms with Crippen molar-refractivity contribution in [2.24, 2.45) is 11.8 Å². The monoisotopic (exact) mass is 787 g/mol. The Labute approximate surface area is 338 Å². The Morgan fingerprint density at radius 3 is 2.40 bits per heavy atom. The second-order valence-electron chi connectivity index (χ2n) is 15.5. The number of aliphatic hydroxyl groups is 1. The van der Waals surface area contributed by atoms with Crippen molar-refractivity contribution in [1.82, 2.24) is 20.1 Å². The summed E-state index contributed by atoms with van der Waals surface area (Å²) in [5.74, 6) is 0.992. The molecule has 12 heteroatoms. The SMILES string of the molecule is CN(CCNC[C@H](O)c1ccc(O)c2[nH]c(=O)ccc12)C(=O)CCOCCc1ccc(CN2C[C@H]3C[C@@H](OC(=O)Nc4ccccc4-c4ccccc4)C[C@H]3C2)cc1. The van der Waals surface area contributed by atoms with Crippen molar-refractivity contribution in [3.63, 3.8) is 0 Å². The number of aliphatic hydroxyl groups excluding tert-OH is 1. The molecule has 2 amide bonds. The quantitative estimate of drug-likeness (QED) is 0.0705. The number of hydrogen-bond acceptors (Lipinski definition) is 9. The van der Waals surface area contributed by atoms with Gasteiger partial charge in [-0.3, -0.25) is 19.8 Å². The smallest absolute Gasteiger partial charge is 0.411 e. The Morgan fingerprint density at radius 1 is 0.897 bits per heavy atom. The summed E-state index contributed by atoms with van der Waals surface area (Å²) in [4.78, 5) is 44.0. The molecule has 304 valence electrons. The molecule has 7 rings (SSSR count). The number of phenolic OH excluding ortho intramolecular Hbond substituents is 1. The van der Waals surface area contributed by atoms with Gasteiger partial charge in [-0.25, -0.2) is 4.79 Å². The van der Waals surface area contributed by atoms with Gasteiger partial charge in [-0.15, -0.1) is 0 Å². The maximum Gasteiger partial charge on any atom is 0.411 e. The average molecular weight is 788 g/mol. The number of pyridine rings is 1. The van der Waals surface area contributed by atoms with Crippen LogP contribution in [0.2, 0.25) is 0 Å². The first-order valence-corrected chi connectivity index (χ1v) is 20.2. The maximum absolute atomic E-state index is 12.9. The van der Waals surface area contributed by atoms with E-state index in [2.05, 4.69) is 44.8 Å². The number of benzene rings is 4. The number of carbonyl (C=O) groups excluding carboxylic acids is 2. The van der Waals surface area contributed by atoms with Gasteiger partial charge in [0, 0.05) is 63.3 Å². The molecule has 2 fully saturated rings. The number of phenols is 1. The molecule has 4 atom stereocenters. The highest BCUT2D eigenvalue weighted by molar-refractivity contribution is 5.91. The molecule has 0 bridgehead atoms. The predicted molar refractivity (Wildman–Crippen MR) is 225 cm³/mol. The van der Waals surface area contributed by atoms with Gasteiger partial charge in [0.25, 0.3) is 0 Å². The Morgan fingerprint density at radius 2 is 1.62 bits per heavy atom. The number of rotatable bonds is 17. The molecule has 1 saturated heterocycles. The van der Waals surface area contributed by atoms with Gasteiger partial charge < -0.3 is 34.9 Å². The van der Waals surface area contributed by atoms with Crippen LogP contribution in [0.1, 0.15) is 42.1 Å². The van der Waals surface area contributed by atoms with Gasteiger partial charge in [-0.05, 0) is 71.6 Å². The number of aromatic hydroxyl groups is 1. The summed E-state index contributed by atoms with van der Waals surface area (Å²) in [5, 5.41) is 27.6. The van der Waals surface area contributed by atoms with Crippen molar-refractivity contribution in [3.8, 4) is 16.9 Å². The topological polar surface area (TPSA) is 156 Å². The molecule has 5 N–H and O–H groups in total. The molecule has 58 heavy (non-hydrogen) atoms. The van der Waals surface area contributed by atoms with Crippen LogP contribution < -0.4 is 16.2 Å². The maximum atomic E-state index is 12.9. The van der Waals surface area contributed by atoms with E-state index in [-0.39, 0.29) is 36.3 Å². The molecule has 1 aliphatic carbocycles. The Bertz CT molecular complexity index is 2200. The lowest BCUT2D eigenvalue weighted by Gasteiger charge is -2.20. The van der Waals surface area contributed by atoms with Crippen molar-refractivity contribution in [1.29, 1.82) is 0 Å². The largest absolute Gasteiger partial charge is 0.506 e. The molecule has 2 heterocycles. The van der Waals surface area contributed by atoms with Crippen LogP contribution in [0, 0.1) is 11.8 Å². The van der Waals surface area contributed by atoms with Crippen molar-refractivity contribution < 1.29 is 29.3 Å². The first kappa shape index (κ1) is 40.7. The van der Waals surface area contributed by atoms with E-state index in [4.69, 9.17) is 9.47 Å². The molecule has 5 aromatic rings. The van der Waals surface area contributed by atoms with Crippen LogP contribution in [-0.2, 0) is 27.2 Å². The van der Waals surface area contributed by atoms with E-state index in [1.165, 1.54) is 23.3 Å². The second kappa shape index (κ2) is 19.3. The minimum atomic E-state index is -0.862. The van der Waals surface area contributed by atoms with Crippen LogP contribution in [0.15, 0.2) is 108 Å².